The molecule has 0 aliphatic heterocycles. The summed E-state index contributed by atoms with van der Waals surface area (Å²) in [4.78, 5) is 27.8. The number of amides is 1. The van der Waals surface area contributed by atoms with E-state index in [1.807, 2.05) is 47.6 Å². The molecule has 1 atom stereocenters. The first kappa shape index (κ1) is 23.8. The zero-order chi connectivity index (χ0) is 24.6. The van der Waals surface area contributed by atoms with Gasteiger partial charge in [0.2, 0.25) is 5.91 Å². The molecule has 0 bridgehead atoms. The lowest BCUT2D eigenvalue weighted by Crippen LogP contribution is -2.28. The van der Waals surface area contributed by atoms with Crippen LogP contribution < -0.4 is 5.32 Å². The highest BCUT2D eigenvalue weighted by Gasteiger charge is 2.21. The number of rotatable bonds is 6. The van der Waals surface area contributed by atoms with Gasteiger partial charge < -0.3 is 5.32 Å². The molecule has 3 heterocycles. The zero-order valence-electron chi connectivity index (χ0n) is 20.7. The van der Waals surface area contributed by atoms with Crippen molar-refractivity contribution >= 4 is 17.2 Å². The minimum absolute atomic E-state index is 0.0516. The topological polar surface area (TPSA) is 85.6 Å². The first-order chi connectivity index (χ1) is 16.1. The van der Waals surface area contributed by atoms with Crippen molar-refractivity contribution in [3.63, 3.8) is 0 Å². The SMILES string of the molecule is Cc1ccc(-c2nc(C)c(C(C)NC(=O)Cc3c(C)nn(-c4nc(C)cc(C)n4)c3C)s2)cc1. The van der Waals surface area contributed by atoms with Crippen LogP contribution in [0.3, 0.4) is 0 Å². The molecular formula is C26H30N6OS. The van der Waals surface area contributed by atoms with E-state index in [0.29, 0.717) is 5.95 Å². The molecule has 0 radical (unpaired) electrons. The summed E-state index contributed by atoms with van der Waals surface area (Å²) in [5.74, 6) is 0.478. The Morgan fingerprint density at radius 2 is 1.62 bits per heavy atom. The van der Waals surface area contributed by atoms with Crippen LogP contribution in [0, 0.1) is 41.5 Å². The monoisotopic (exact) mass is 474 g/mol. The Hall–Kier alpha value is -3.39. The van der Waals surface area contributed by atoms with Crippen molar-refractivity contribution < 1.29 is 4.79 Å². The molecule has 1 aromatic carbocycles. The van der Waals surface area contributed by atoms with Gasteiger partial charge in [-0.3, -0.25) is 4.79 Å². The first-order valence-corrected chi connectivity index (χ1v) is 12.2. The Morgan fingerprint density at radius 3 is 2.26 bits per heavy atom. The van der Waals surface area contributed by atoms with Gasteiger partial charge in [0.05, 0.1) is 28.7 Å². The summed E-state index contributed by atoms with van der Waals surface area (Å²) in [5.41, 5.74) is 7.60. The predicted octanol–water partition coefficient (Wildman–Crippen LogP) is 5.06. The van der Waals surface area contributed by atoms with Crippen LogP contribution in [0.1, 0.15) is 57.4 Å². The summed E-state index contributed by atoms with van der Waals surface area (Å²) < 4.78 is 1.72. The molecule has 4 rings (SSSR count). The van der Waals surface area contributed by atoms with Crippen LogP contribution in [0.25, 0.3) is 16.5 Å². The zero-order valence-corrected chi connectivity index (χ0v) is 21.5. The average Bonchev–Trinajstić information content (AvgIpc) is 3.28. The fraction of sp³-hybridized carbons (Fsp3) is 0.346. The van der Waals surface area contributed by atoms with Crippen LogP contribution in [0.5, 0.6) is 0 Å². The van der Waals surface area contributed by atoms with Crippen molar-refractivity contribution in [3.8, 4) is 16.5 Å². The van der Waals surface area contributed by atoms with E-state index in [0.717, 1.165) is 49.5 Å². The standard InChI is InChI=1S/C26H30N6OS/c1-14-8-10-21(11-9-14)25-30-19(6)24(34-25)18(5)29-23(33)13-22-17(4)31-32(20(22)7)26-27-15(2)12-16(3)28-26/h8-12,18H,13H2,1-7H3,(H,29,33). The van der Waals surface area contributed by atoms with Crippen LogP contribution in [0.15, 0.2) is 30.3 Å². The van der Waals surface area contributed by atoms with Crippen LogP contribution >= 0.6 is 11.3 Å². The minimum Gasteiger partial charge on any atom is -0.348 e. The average molecular weight is 475 g/mol. The minimum atomic E-state index is -0.136. The first-order valence-electron chi connectivity index (χ1n) is 11.3. The fourth-order valence-electron chi connectivity index (χ4n) is 4.08. The number of hydrogen-bond donors (Lipinski definition) is 1. The third kappa shape index (κ3) is 4.92. The number of carbonyl (C=O) groups is 1. The van der Waals surface area contributed by atoms with Crippen molar-refractivity contribution in [2.45, 2.75) is 60.9 Å². The Labute approximate surface area is 204 Å². The molecule has 0 aliphatic carbocycles. The number of benzene rings is 1. The highest BCUT2D eigenvalue weighted by Crippen LogP contribution is 2.32. The number of nitrogens with one attached hydrogen (secondary N) is 1. The van der Waals surface area contributed by atoms with Crippen molar-refractivity contribution in [3.05, 3.63) is 74.8 Å². The molecule has 0 aliphatic rings. The summed E-state index contributed by atoms with van der Waals surface area (Å²) in [6.45, 7) is 13.8. The van der Waals surface area contributed by atoms with E-state index in [1.54, 1.807) is 16.0 Å². The summed E-state index contributed by atoms with van der Waals surface area (Å²) in [5, 5.41) is 8.73. The Kier molecular flexibility index (Phi) is 6.61. The van der Waals surface area contributed by atoms with Crippen LogP contribution in [-0.4, -0.2) is 30.6 Å². The molecule has 1 unspecified atom stereocenters. The predicted molar refractivity (Wildman–Crippen MR) is 135 cm³/mol. The van der Waals surface area contributed by atoms with Gasteiger partial charge in [0.1, 0.15) is 5.01 Å². The molecule has 4 aromatic rings. The van der Waals surface area contributed by atoms with Gasteiger partial charge in [-0.05, 0) is 54.5 Å². The van der Waals surface area contributed by atoms with E-state index in [9.17, 15) is 4.79 Å². The summed E-state index contributed by atoms with van der Waals surface area (Å²) in [7, 11) is 0. The second-order valence-electron chi connectivity index (χ2n) is 8.81. The Morgan fingerprint density at radius 1 is 0.971 bits per heavy atom. The number of aromatic nitrogens is 5. The summed E-state index contributed by atoms with van der Waals surface area (Å²) >= 11 is 1.63. The molecule has 8 heteroatoms. The largest absolute Gasteiger partial charge is 0.348 e. The highest BCUT2D eigenvalue weighted by atomic mass is 32.1. The number of aryl methyl sites for hydroxylation is 5. The van der Waals surface area contributed by atoms with Gasteiger partial charge in [-0.25, -0.2) is 19.6 Å². The number of thiazole rings is 1. The normalized spacial score (nSPS) is 12.1. The van der Waals surface area contributed by atoms with E-state index in [4.69, 9.17) is 4.98 Å². The maximum atomic E-state index is 13.0. The van der Waals surface area contributed by atoms with Gasteiger partial charge in [0.15, 0.2) is 0 Å². The summed E-state index contributed by atoms with van der Waals surface area (Å²) in [6, 6.07) is 10.1. The number of hydrogen-bond acceptors (Lipinski definition) is 6. The van der Waals surface area contributed by atoms with E-state index in [-0.39, 0.29) is 18.4 Å². The van der Waals surface area contributed by atoms with Crippen LogP contribution in [0.2, 0.25) is 0 Å². The second kappa shape index (κ2) is 9.46. The van der Waals surface area contributed by atoms with E-state index >= 15 is 0 Å². The molecular weight excluding hydrogens is 444 g/mol. The van der Waals surface area contributed by atoms with Crippen LogP contribution in [-0.2, 0) is 11.2 Å². The fourth-order valence-corrected chi connectivity index (χ4v) is 5.15. The lowest BCUT2D eigenvalue weighted by atomic mass is 10.1. The van der Waals surface area contributed by atoms with Crippen molar-refractivity contribution in [2.75, 3.05) is 0 Å². The third-order valence-corrected chi connectivity index (χ3v) is 7.23. The van der Waals surface area contributed by atoms with Crippen molar-refractivity contribution in [1.82, 2.24) is 30.0 Å². The molecule has 7 nitrogen and oxygen atoms in total. The Bertz CT molecular complexity index is 1330. The van der Waals surface area contributed by atoms with Gasteiger partial charge in [0, 0.05) is 28.2 Å². The molecule has 1 N–H and O–H groups in total. The lowest BCUT2D eigenvalue weighted by molar-refractivity contribution is -0.121. The third-order valence-electron chi connectivity index (χ3n) is 5.84. The molecule has 1 amide bonds. The molecule has 3 aromatic heterocycles. The second-order valence-corrected chi connectivity index (χ2v) is 9.84. The molecule has 176 valence electrons. The van der Waals surface area contributed by atoms with Gasteiger partial charge in [-0.1, -0.05) is 29.8 Å². The molecule has 0 saturated heterocycles. The lowest BCUT2D eigenvalue weighted by Gasteiger charge is -2.13. The van der Waals surface area contributed by atoms with Gasteiger partial charge in [-0.15, -0.1) is 11.3 Å². The maximum Gasteiger partial charge on any atom is 0.251 e. The number of nitrogens with zero attached hydrogens (tertiary/aromatic N) is 5. The van der Waals surface area contributed by atoms with Crippen molar-refractivity contribution in [1.29, 1.82) is 0 Å². The van der Waals surface area contributed by atoms with Gasteiger partial charge in [0.25, 0.3) is 5.95 Å². The molecule has 0 fully saturated rings. The van der Waals surface area contributed by atoms with Crippen LogP contribution in [0.4, 0.5) is 0 Å². The smallest absolute Gasteiger partial charge is 0.251 e. The van der Waals surface area contributed by atoms with E-state index in [2.05, 4.69) is 51.6 Å². The van der Waals surface area contributed by atoms with E-state index < -0.39 is 0 Å². The van der Waals surface area contributed by atoms with Gasteiger partial charge >= 0.3 is 0 Å². The molecule has 34 heavy (non-hydrogen) atoms. The summed E-state index contributed by atoms with van der Waals surface area (Å²) in [6.07, 6.45) is 0.246. The number of carbonyl (C=O) groups excluding carboxylic acids is 1. The highest BCUT2D eigenvalue weighted by molar-refractivity contribution is 7.15. The van der Waals surface area contributed by atoms with Gasteiger partial charge in [-0.2, -0.15) is 5.10 Å². The Balaban J connectivity index is 1.50. The van der Waals surface area contributed by atoms with Crippen molar-refractivity contribution in [2.24, 2.45) is 0 Å². The van der Waals surface area contributed by atoms with E-state index in [1.165, 1.54) is 5.56 Å². The maximum absolute atomic E-state index is 13.0. The molecule has 0 saturated carbocycles. The molecule has 0 spiro atoms. The quantitative estimate of drug-likeness (QED) is 0.422.